The van der Waals surface area contributed by atoms with E-state index in [9.17, 15) is 19.2 Å². The third kappa shape index (κ3) is 4.62. The van der Waals surface area contributed by atoms with Crippen LogP contribution < -0.4 is 0 Å². The van der Waals surface area contributed by atoms with Crippen LogP contribution in [-0.2, 0) is 14.3 Å². The fourth-order valence-corrected chi connectivity index (χ4v) is 4.09. The highest BCUT2D eigenvalue weighted by atomic mass is 32.2. The predicted octanol–water partition coefficient (Wildman–Crippen LogP) is 3.04. The number of carbonyl (C=O) groups is 4. The first kappa shape index (κ1) is 21.1. The van der Waals surface area contributed by atoms with Crippen LogP contribution in [0.5, 0.6) is 0 Å². The molecule has 2 aromatic rings. The zero-order valence-corrected chi connectivity index (χ0v) is 17.6. The Bertz CT molecular complexity index is 1070. The molecule has 0 saturated carbocycles. The van der Waals surface area contributed by atoms with Crippen LogP contribution in [0.1, 0.15) is 23.0 Å². The minimum atomic E-state index is -0.514. The number of furan rings is 1. The number of Topliss-reactive ketones (excluding diaryl/α,β-unsaturated/α-hetero) is 1. The first-order chi connectivity index (χ1) is 14.9. The third-order valence-electron chi connectivity index (χ3n) is 5.01. The molecule has 2 fully saturated rings. The molecule has 2 aliphatic rings. The van der Waals surface area contributed by atoms with Crippen LogP contribution in [0.2, 0.25) is 0 Å². The van der Waals surface area contributed by atoms with Crippen LogP contribution >= 0.6 is 11.8 Å². The molecule has 0 unspecified atom stereocenters. The van der Waals surface area contributed by atoms with E-state index >= 15 is 0 Å². The minimum Gasteiger partial charge on any atom is -0.457 e. The Labute approximate surface area is 182 Å². The maximum Gasteiger partial charge on any atom is 0.294 e. The Hall–Kier alpha value is -3.17. The van der Waals surface area contributed by atoms with Gasteiger partial charge in [0.2, 0.25) is 5.91 Å². The maximum atomic E-state index is 12.7. The van der Waals surface area contributed by atoms with E-state index in [-0.39, 0.29) is 23.1 Å². The summed E-state index contributed by atoms with van der Waals surface area (Å²) in [7, 11) is 0. The van der Waals surface area contributed by atoms with Crippen molar-refractivity contribution in [3.8, 4) is 11.3 Å². The number of ether oxygens (including phenoxy) is 1. The molecule has 9 heteroatoms. The van der Waals surface area contributed by atoms with Crippen LogP contribution in [-0.4, -0.2) is 65.5 Å². The van der Waals surface area contributed by atoms with Crippen LogP contribution in [0, 0.1) is 0 Å². The fourth-order valence-electron chi connectivity index (χ4n) is 3.27. The van der Waals surface area contributed by atoms with Gasteiger partial charge in [0, 0.05) is 30.3 Å². The second-order valence-corrected chi connectivity index (χ2v) is 8.09. The van der Waals surface area contributed by atoms with Gasteiger partial charge in [0.25, 0.3) is 11.1 Å². The summed E-state index contributed by atoms with van der Waals surface area (Å²) in [4.78, 5) is 51.5. The lowest BCUT2D eigenvalue weighted by Crippen LogP contribution is -2.46. The molecule has 2 saturated heterocycles. The molecule has 31 heavy (non-hydrogen) atoms. The van der Waals surface area contributed by atoms with E-state index in [1.807, 2.05) is 0 Å². The van der Waals surface area contributed by atoms with Gasteiger partial charge in [-0.3, -0.25) is 24.1 Å². The summed E-state index contributed by atoms with van der Waals surface area (Å²) in [5, 5.41) is -0.482. The van der Waals surface area contributed by atoms with Crippen molar-refractivity contribution in [3.05, 3.63) is 52.6 Å². The third-order valence-corrected chi connectivity index (χ3v) is 5.91. The van der Waals surface area contributed by atoms with Crippen molar-refractivity contribution in [2.24, 2.45) is 0 Å². The predicted molar refractivity (Wildman–Crippen MR) is 114 cm³/mol. The number of amides is 3. The number of nitrogens with zero attached hydrogens (tertiary/aromatic N) is 2. The number of thioether (sulfide) groups is 1. The molecular formula is C22H20N2O6S. The molecule has 0 aliphatic carbocycles. The summed E-state index contributed by atoms with van der Waals surface area (Å²) in [5.41, 5.74) is 1.39. The normalized spacial score (nSPS) is 18.2. The van der Waals surface area contributed by atoms with Crippen LogP contribution in [0.4, 0.5) is 4.79 Å². The van der Waals surface area contributed by atoms with Crippen molar-refractivity contribution < 1.29 is 28.3 Å². The van der Waals surface area contributed by atoms with Gasteiger partial charge >= 0.3 is 0 Å². The lowest BCUT2D eigenvalue weighted by molar-refractivity contribution is -0.139. The molecule has 0 bridgehead atoms. The first-order valence-corrected chi connectivity index (χ1v) is 10.6. The number of imide groups is 1. The Kier molecular flexibility index (Phi) is 6.06. The van der Waals surface area contributed by atoms with E-state index in [1.165, 1.54) is 13.0 Å². The largest absolute Gasteiger partial charge is 0.457 e. The number of hydrogen-bond donors (Lipinski definition) is 0. The number of morpholine rings is 1. The zero-order chi connectivity index (χ0) is 22.0. The van der Waals surface area contributed by atoms with Gasteiger partial charge in [0.15, 0.2) is 5.78 Å². The lowest BCUT2D eigenvalue weighted by Gasteiger charge is -2.27. The topological polar surface area (TPSA) is 97.1 Å². The van der Waals surface area contributed by atoms with E-state index in [0.29, 0.717) is 43.4 Å². The average Bonchev–Trinajstić information content (AvgIpc) is 3.35. The molecule has 4 rings (SSSR count). The number of ketones is 1. The van der Waals surface area contributed by atoms with E-state index in [0.717, 1.165) is 22.2 Å². The number of benzene rings is 1. The van der Waals surface area contributed by atoms with Crippen LogP contribution in [0.15, 0.2) is 45.7 Å². The average molecular weight is 440 g/mol. The number of hydrogen-bond acceptors (Lipinski definition) is 7. The first-order valence-electron chi connectivity index (χ1n) is 9.74. The van der Waals surface area contributed by atoms with Crippen molar-refractivity contribution in [2.75, 3.05) is 32.8 Å². The molecule has 3 heterocycles. The smallest absolute Gasteiger partial charge is 0.294 e. The quantitative estimate of drug-likeness (QED) is 0.521. The second kappa shape index (κ2) is 8.91. The van der Waals surface area contributed by atoms with Gasteiger partial charge in [-0.05, 0) is 30.8 Å². The maximum absolute atomic E-state index is 12.7. The van der Waals surface area contributed by atoms with Gasteiger partial charge in [0.1, 0.15) is 18.1 Å². The van der Waals surface area contributed by atoms with Crippen LogP contribution in [0.25, 0.3) is 17.4 Å². The highest BCUT2D eigenvalue weighted by molar-refractivity contribution is 8.18. The number of rotatable bonds is 5. The van der Waals surface area contributed by atoms with Crippen LogP contribution in [0.3, 0.4) is 0 Å². The molecule has 0 atom stereocenters. The Morgan fingerprint density at radius 3 is 2.45 bits per heavy atom. The zero-order valence-electron chi connectivity index (χ0n) is 16.8. The van der Waals surface area contributed by atoms with Gasteiger partial charge in [-0.1, -0.05) is 24.3 Å². The van der Waals surface area contributed by atoms with Crippen molar-refractivity contribution >= 4 is 40.7 Å². The van der Waals surface area contributed by atoms with E-state index in [4.69, 9.17) is 9.15 Å². The number of carbonyl (C=O) groups excluding carboxylic acids is 4. The van der Waals surface area contributed by atoms with E-state index in [1.54, 1.807) is 41.3 Å². The van der Waals surface area contributed by atoms with Gasteiger partial charge in [0.05, 0.1) is 18.1 Å². The second-order valence-electron chi connectivity index (χ2n) is 7.10. The Balaban J connectivity index is 1.45. The summed E-state index contributed by atoms with van der Waals surface area (Å²) in [5.74, 6) is 0.176. The molecule has 1 aromatic carbocycles. The van der Waals surface area contributed by atoms with E-state index < -0.39 is 11.1 Å². The molecule has 0 radical (unpaired) electrons. The molecule has 3 amide bonds. The molecule has 0 spiro atoms. The van der Waals surface area contributed by atoms with Gasteiger partial charge < -0.3 is 14.1 Å². The lowest BCUT2D eigenvalue weighted by atomic mass is 10.1. The van der Waals surface area contributed by atoms with Gasteiger partial charge in [-0.15, -0.1) is 0 Å². The van der Waals surface area contributed by atoms with Gasteiger partial charge in [-0.2, -0.15) is 0 Å². The fraction of sp³-hybridized carbons (Fsp3) is 0.273. The van der Waals surface area contributed by atoms with Gasteiger partial charge in [-0.25, -0.2) is 0 Å². The minimum absolute atomic E-state index is 0.0190. The van der Waals surface area contributed by atoms with E-state index in [2.05, 4.69) is 0 Å². The molecule has 160 valence electrons. The van der Waals surface area contributed by atoms with Crippen molar-refractivity contribution in [2.45, 2.75) is 6.92 Å². The van der Waals surface area contributed by atoms with Crippen molar-refractivity contribution in [1.82, 2.24) is 9.80 Å². The molecular weight excluding hydrogens is 420 g/mol. The standard InChI is InChI=1S/C22H20N2O6S/c1-14(25)15-2-4-16(5-3-15)18-7-6-17(30-18)12-19-21(27)24(22(28)31-19)13-20(26)23-8-10-29-11-9-23/h2-7,12H,8-11,13H2,1H3/b19-12+. The van der Waals surface area contributed by atoms with Crippen molar-refractivity contribution in [3.63, 3.8) is 0 Å². The SMILES string of the molecule is CC(=O)c1ccc(-c2ccc(/C=C3/SC(=O)N(CC(=O)N4CCOCC4)C3=O)o2)cc1. The van der Waals surface area contributed by atoms with Crippen molar-refractivity contribution in [1.29, 1.82) is 0 Å². The summed E-state index contributed by atoms with van der Waals surface area (Å²) in [6.07, 6.45) is 1.50. The highest BCUT2D eigenvalue weighted by Crippen LogP contribution is 2.33. The summed E-state index contributed by atoms with van der Waals surface area (Å²) in [6, 6.07) is 10.4. The molecule has 0 N–H and O–H groups in total. The Morgan fingerprint density at radius 2 is 1.77 bits per heavy atom. The summed E-state index contributed by atoms with van der Waals surface area (Å²) >= 11 is 0.781. The molecule has 8 nitrogen and oxygen atoms in total. The molecule has 1 aromatic heterocycles. The monoisotopic (exact) mass is 440 g/mol. The summed E-state index contributed by atoms with van der Waals surface area (Å²) in [6.45, 7) is 3.02. The summed E-state index contributed by atoms with van der Waals surface area (Å²) < 4.78 is 11.0. The highest BCUT2D eigenvalue weighted by Gasteiger charge is 2.37. The Morgan fingerprint density at radius 1 is 1.06 bits per heavy atom. The molecule has 2 aliphatic heterocycles.